The van der Waals surface area contributed by atoms with Crippen LogP contribution in [0.15, 0.2) is 40.1 Å². The third-order valence-corrected chi connectivity index (χ3v) is 8.66. The molecule has 0 amide bonds. The lowest BCUT2D eigenvalue weighted by molar-refractivity contribution is 0.239. The summed E-state index contributed by atoms with van der Waals surface area (Å²) in [5.41, 5.74) is 1.54. The first-order chi connectivity index (χ1) is 16.7. The molecule has 2 N–H and O–H groups in total. The lowest BCUT2D eigenvalue weighted by Crippen LogP contribution is -2.29. The van der Waals surface area contributed by atoms with Gasteiger partial charge in [-0.25, -0.2) is 31.0 Å². The topological polar surface area (TPSA) is 74.3 Å². The maximum absolute atomic E-state index is 14.7. The van der Waals surface area contributed by atoms with Crippen molar-refractivity contribution in [2.75, 3.05) is 10.0 Å². The first-order valence-corrected chi connectivity index (χ1v) is 13.5. The van der Waals surface area contributed by atoms with Crippen molar-refractivity contribution in [2.45, 2.75) is 55.8 Å². The Balaban J connectivity index is 1.37. The smallest absolute Gasteiger partial charge is 0.268 e. The molecule has 3 heterocycles. The molecule has 0 radical (unpaired) electrons. The Labute approximate surface area is 204 Å². The first kappa shape index (κ1) is 24.0. The van der Waals surface area contributed by atoms with Gasteiger partial charge in [-0.15, -0.1) is 11.3 Å². The molecule has 5 rings (SSSR count). The number of halogens is 4. The summed E-state index contributed by atoms with van der Waals surface area (Å²) in [5, 5.41) is 4.08. The Morgan fingerprint density at radius 3 is 2.11 bits per heavy atom. The van der Waals surface area contributed by atoms with E-state index < -0.39 is 38.2 Å². The Bertz CT molecular complexity index is 1310. The summed E-state index contributed by atoms with van der Waals surface area (Å²) < 4.78 is 85.7. The van der Waals surface area contributed by atoms with E-state index in [1.807, 2.05) is 4.72 Å². The predicted molar refractivity (Wildman–Crippen MR) is 125 cm³/mol. The van der Waals surface area contributed by atoms with Gasteiger partial charge < -0.3 is 5.32 Å². The van der Waals surface area contributed by atoms with Crippen molar-refractivity contribution >= 4 is 32.9 Å². The number of thiazole rings is 1. The fourth-order valence-corrected chi connectivity index (χ4v) is 6.70. The third kappa shape index (κ3) is 4.74. The quantitative estimate of drug-likeness (QED) is 0.393. The van der Waals surface area contributed by atoms with Gasteiger partial charge >= 0.3 is 0 Å². The molecule has 0 aliphatic carbocycles. The largest absolute Gasteiger partial charge is 0.381 e. The number of nitrogens with one attached hydrogen (secondary N) is 2. The van der Waals surface area contributed by atoms with Gasteiger partial charge in [-0.3, -0.25) is 9.62 Å². The summed E-state index contributed by atoms with van der Waals surface area (Å²) in [5.74, 6) is -3.89. The van der Waals surface area contributed by atoms with Crippen LogP contribution in [0.25, 0.3) is 0 Å². The van der Waals surface area contributed by atoms with Gasteiger partial charge in [0, 0.05) is 47.4 Å². The van der Waals surface area contributed by atoms with Crippen LogP contribution in [-0.2, 0) is 23.1 Å². The van der Waals surface area contributed by atoms with E-state index in [1.165, 1.54) is 10.9 Å². The Morgan fingerprint density at radius 1 is 0.943 bits per heavy atom. The fourth-order valence-electron chi connectivity index (χ4n) is 5.02. The number of fused-ring (bicyclic) bond motifs is 2. The Morgan fingerprint density at radius 2 is 1.54 bits per heavy atom. The summed E-state index contributed by atoms with van der Waals surface area (Å²) in [6.07, 6.45) is 4.17. The summed E-state index contributed by atoms with van der Waals surface area (Å²) >= 11 is 1.11. The minimum absolute atomic E-state index is 0.0588. The third-order valence-electron chi connectivity index (χ3n) is 6.67. The van der Waals surface area contributed by atoms with Crippen LogP contribution in [0.2, 0.25) is 0 Å². The second-order valence-corrected chi connectivity index (χ2v) is 11.1. The standard InChI is InChI=1S/C23H22F4N4O2S2/c24-18-5-6-19(25)17(10-31-14-1-2-15(31)4-3-14)16(18)9-28-13-7-20(26)23(21(27)8-13)35(32,33)30-22-11-34-12-29-22/h5-8,11-12,14-15,28,30H,1-4,9-10H2. The molecular formula is C23H22F4N4O2S2. The van der Waals surface area contributed by atoms with E-state index in [0.29, 0.717) is 12.1 Å². The number of sulfonamides is 1. The van der Waals surface area contributed by atoms with Gasteiger partial charge in [-0.2, -0.15) is 0 Å². The van der Waals surface area contributed by atoms with Gasteiger partial charge in [-0.1, -0.05) is 0 Å². The maximum atomic E-state index is 14.7. The van der Waals surface area contributed by atoms with E-state index in [9.17, 15) is 26.0 Å². The number of rotatable bonds is 8. The number of anilines is 2. The minimum atomic E-state index is -4.56. The average molecular weight is 527 g/mol. The fraction of sp³-hybridized carbons (Fsp3) is 0.348. The molecule has 0 saturated carbocycles. The molecule has 2 aliphatic rings. The second-order valence-electron chi connectivity index (χ2n) is 8.72. The highest BCUT2D eigenvalue weighted by molar-refractivity contribution is 7.92. The second kappa shape index (κ2) is 9.40. The molecule has 2 aromatic carbocycles. The van der Waals surface area contributed by atoms with Crippen LogP contribution in [0.5, 0.6) is 0 Å². The molecule has 0 unspecified atom stereocenters. The molecule has 2 bridgehead atoms. The number of benzene rings is 2. The highest BCUT2D eigenvalue weighted by Crippen LogP contribution is 2.39. The van der Waals surface area contributed by atoms with Crippen LogP contribution < -0.4 is 10.0 Å². The predicted octanol–water partition coefficient (Wildman–Crippen LogP) is 5.24. The van der Waals surface area contributed by atoms with Crippen molar-refractivity contribution < 1.29 is 26.0 Å². The number of aromatic nitrogens is 1. The van der Waals surface area contributed by atoms with Crippen molar-refractivity contribution in [3.05, 3.63) is 69.6 Å². The Kier molecular flexibility index (Phi) is 6.45. The summed E-state index contributed by atoms with van der Waals surface area (Å²) in [6.45, 7) is 0.0300. The zero-order valence-corrected chi connectivity index (χ0v) is 20.0. The highest BCUT2D eigenvalue weighted by atomic mass is 32.2. The van der Waals surface area contributed by atoms with Gasteiger partial charge in [0.1, 0.15) is 23.3 Å². The normalized spacial score (nSPS) is 19.9. The van der Waals surface area contributed by atoms with E-state index in [2.05, 4.69) is 15.2 Å². The van der Waals surface area contributed by atoms with Crippen LogP contribution >= 0.6 is 11.3 Å². The SMILES string of the molecule is O=S(=O)(Nc1cscn1)c1c(F)cc(NCc2c(F)ccc(F)c2CN2C3CCC2CC3)cc1F. The van der Waals surface area contributed by atoms with Crippen LogP contribution in [0.3, 0.4) is 0 Å². The van der Waals surface area contributed by atoms with Gasteiger partial charge in [-0.05, 0) is 49.9 Å². The number of hydrogen-bond acceptors (Lipinski definition) is 6. The molecule has 1 aromatic heterocycles. The van der Waals surface area contributed by atoms with E-state index >= 15 is 0 Å². The van der Waals surface area contributed by atoms with E-state index in [4.69, 9.17) is 0 Å². The molecule has 2 saturated heterocycles. The molecule has 35 heavy (non-hydrogen) atoms. The summed E-state index contributed by atoms with van der Waals surface area (Å²) in [7, 11) is -4.56. The van der Waals surface area contributed by atoms with Gasteiger partial charge in [0.05, 0.1) is 5.51 Å². The molecule has 0 spiro atoms. The Hall–Kier alpha value is -2.70. The van der Waals surface area contributed by atoms with Gasteiger partial charge in [0.25, 0.3) is 10.0 Å². The summed E-state index contributed by atoms with van der Waals surface area (Å²) in [6, 6.07) is 4.43. The highest BCUT2D eigenvalue weighted by Gasteiger charge is 2.39. The monoisotopic (exact) mass is 526 g/mol. The van der Waals surface area contributed by atoms with Crippen LogP contribution in [-0.4, -0.2) is 30.4 Å². The molecule has 12 heteroatoms. The molecular weight excluding hydrogens is 504 g/mol. The molecule has 2 aliphatic heterocycles. The number of hydrogen-bond donors (Lipinski definition) is 2. The number of nitrogens with zero attached hydrogens (tertiary/aromatic N) is 2. The average Bonchev–Trinajstić information content (AvgIpc) is 3.53. The lowest BCUT2D eigenvalue weighted by Gasteiger charge is -2.24. The van der Waals surface area contributed by atoms with E-state index in [-0.39, 0.29) is 35.7 Å². The minimum Gasteiger partial charge on any atom is -0.381 e. The molecule has 0 atom stereocenters. The zero-order valence-electron chi connectivity index (χ0n) is 18.4. The molecule has 2 fully saturated rings. The molecule has 3 aromatic rings. The van der Waals surface area contributed by atoms with Crippen molar-refractivity contribution in [1.29, 1.82) is 0 Å². The van der Waals surface area contributed by atoms with Gasteiger partial charge in [0.15, 0.2) is 10.7 Å². The van der Waals surface area contributed by atoms with Crippen molar-refractivity contribution in [3.8, 4) is 0 Å². The zero-order chi connectivity index (χ0) is 24.7. The van der Waals surface area contributed by atoms with Crippen LogP contribution in [0.1, 0.15) is 36.8 Å². The molecule has 6 nitrogen and oxygen atoms in total. The molecule has 186 valence electrons. The van der Waals surface area contributed by atoms with E-state index in [0.717, 1.165) is 61.3 Å². The van der Waals surface area contributed by atoms with Crippen LogP contribution in [0.4, 0.5) is 29.1 Å². The van der Waals surface area contributed by atoms with Gasteiger partial charge in [0.2, 0.25) is 0 Å². The lowest BCUT2D eigenvalue weighted by atomic mass is 10.0. The first-order valence-electron chi connectivity index (χ1n) is 11.1. The van der Waals surface area contributed by atoms with Crippen molar-refractivity contribution in [2.24, 2.45) is 0 Å². The van der Waals surface area contributed by atoms with Crippen molar-refractivity contribution in [1.82, 2.24) is 9.88 Å². The van der Waals surface area contributed by atoms with E-state index in [1.54, 1.807) is 0 Å². The van der Waals surface area contributed by atoms with Crippen LogP contribution in [0, 0.1) is 23.3 Å². The van der Waals surface area contributed by atoms with Crippen molar-refractivity contribution in [3.63, 3.8) is 0 Å². The summed E-state index contributed by atoms with van der Waals surface area (Å²) in [4.78, 5) is 4.79. The maximum Gasteiger partial charge on any atom is 0.268 e.